The summed E-state index contributed by atoms with van der Waals surface area (Å²) in [4.78, 5) is 0. The first kappa shape index (κ1) is 20.6. The Hall–Kier alpha value is -1.68. The van der Waals surface area contributed by atoms with E-state index in [0.717, 1.165) is 5.56 Å². The summed E-state index contributed by atoms with van der Waals surface area (Å²) in [5, 5.41) is 10.5. The molecule has 0 radical (unpaired) electrons. The van der Waals surface area contributed by atoms with Crippen LogP contribution in [0.15, 0.2) is 48.5 Å². The third-order valence-electron chi connectivity index (χ3n) is 6.00. The Labute approximate surface area is 162 Å². The molecule has 136 valence electrons. The molecule has 0 amide bonds. The topological polar surface area (TPSA) is 23.8 Å². The van der Waals surface area contributed by atoms with Crippen LogP contribution in [0.4, 0.5) is 0 Å². The highest BCUT2D eigenvalue weighted by Crippen LogP contribution is 2.29. The van der Waals surface area contributed by atoms with Gasteiger partial charge in [0, 0.05) is 15.2 Å². The molecule has 0 saturated heterocycles. The lowest BCUT2D eigenvalue weighted by Gasteiger charge is -2.48. The van der Waals surface area contributed by atoms with Crippen LogP contribution in [-0.2, 0) is 0 Å². The predicted octanol–water partition coefficient (Wildman–Crippen LogP) is 5.85. The minimum Gasteiger partial charge on any atom is -0.192 e. The number of hydrogen-bond acceptors (Lipinski definition) is 1. The Balaban J connectivity index is 2.29. The lowest BCUT2D eigenvalue weighted by molar-refractivity contribution is 1.48. The van der Waals surface area contributed by atoms with E-state index >= 15 is 0 Å². The fourth-order valence-electron chi connectivity index (χ4n) is 3.78. The zero-order valence-corrected chi connectivity index (χ0v) is 20.2. The van der Waals surface area contributed by atoms with Gasteiger partial charge < -0.3 is 0 Å². The predicted molar refractivity (Wildman–Crippen MR) is 124 cm³/mol. The SMILES string of the molecule is C[Si](C)(C)[Si](C)(c1ccc(/C=C/c2ccc(C#N)cc2)cc1)[Si](C)(C)C. The molecular weight excluding hydrogens is 363 g/mol. The van der Waals surface area contributed by atoms with E-state index in [0.29, 0.717) is 5.56 Å². The molecule has 0 spiro atoms. The van der Waals surface area contributed by atoms with Crippen molar-refractivity contribution in [3.05, 3.63) is 65.2 Å². The van der Waals surface area contributed by atoms with Crippen LogP contribution in [0.5, 0.6) is 0 Å². The first-order valence-corrected chi connectivity index (χ1v) is 20.8. The molecular formula is C22H31NSi3. The fourth-order valence-corrected chi connectivity index (χ4v) is 41.8. The van der Waals surface area contributed by atoms with Crippen LogP contribution < -0.4 is 5.19 Å². The van der Waals surface area contributed by atoms with Crippen LogP contribution in [0, 0.1) is 11.3 Å². The zero-order valence-electron chi connectivity index (χ0n) is 17.2. The van der Waals surface area contributed by atoms with Gasteiger partial charge in [0.2, 0.25) is 0 Å². The maximum Gasteiger partial charge on any atom is 0.0991 e. The third kappa shape index (κ3) is 4.17. The molecule has 0 saturated carbocycles. The van der Waals surface area contributed by atoms with Crippen molar-refractivity contribution in [3.8, 4) is 6.07 Å². The van der Waals surface area contributed by atoms with Gasteiger partial charge in [-0.2, -0.15) is 5.26 Å². The Morgan fingerprint density at radius 1 is 0.654 bits per heavy atom. The largest absolute Gasteiger partial charge is 0.192 e. The molecule has 0 bridgehead atoms. The summed E-state index contributed by atoms with van der Waals surface area (Å²) in [5.74, 6) is 0. The molecule has 2 rings (SSSR count). The molecule has 4 heteroatoms. The number of nitrogens with zero attached hydrogens (tertiary/aromatic N) is 1. The summed E-state index contributed by atoms with van der Waals surface area (Å²) >= 11 is 0. The molecule has 0 N–H and O–H groups in total. The molecule has 0 heterocycles. The minimum absolute atomic E-state index is 0.702. The Bertz CT molecular complexity index is 800. The van der Waals surface area contributed by atoms with Crippen molar-refractivity contribution >= 4 is 39.6 Å². The molecule has 0 aliphatic rings. The van der Waals surface area contributed by atoms with E-state index in [2.05, 4.69) is 88.3 Å². The van der Waals surface area contributed by atoms with Gasteiger partial charge >= 0.3 is 0 Å². The van der Waals surface area contributed by atoms with E-state index in [-0.39, 0.29) is 0 Å². The van der Waals surface area contributed by atoms with Crippen LogP contribution >= 0.6 is 0 Å². The summed E-state index contributed by atoms with van der Waals surface area (Å²) in [6, 6.07) is 19.2. The van der Waals surface area contributed by atoms with Crippen LogP contribution in [0.25, 0.3) is 12.2 Å². The summed E-state index contributed by atoms with van der Waals surface area (Å²) in [6.07, 6.45) is 4.27. The van der Waals surface area contributed by atoms with Gasteiger partial charge in [-0.25, -0.2) is 0 Å². The Morgan fingerprint density at radius 3 is 1.38 bits per heavy atom. The maximum absolute atomic E-state index is 8.88. The molecule has 0 aromatic heterocycles. The van der Waals surface area contributed by atoms with Gasteiger partial charge in [0.05, 0.1) is 18.7 Å². The van der Waals surface area contributed by atoms with Crippen molar-refractivity contribution in [2.24, 2.45) is 0 Å². The second-order valence-electron chi connectivity index (χ2n) is 9.31. The highest BCUT2D eigenvalue weighted by molar-refractivity contribution is 7.72. The summed E-state index contributed by atoms with van der Waals surface area (Å²) in [5.41, 5.74) is 3.06. The number of hydrogen-bond donors (Lipinski definition) is 0. The van der Waals surface area contributed by atoms with Crippen LogP contribution in [0.3, 0.4) is 0 Å². The van der Waals surface area contributed by atoms with E-state index < -0.39 is 22.3 Å². The van der Waals surface area contributed by atoms with Crippen molar-refractivity contribution in [2.45, 2.75) is 45.8 Å². The molecule has 26 heavy (non-hydrogen) atoms. The molecule has 0 unspecified atom stereocenters. The first-order valence-electron chi connectivity index (χ1n) is 9.28. The first-order chi connectivity index (χ1) is 12.0. The van der Waals surface area contributed by atoms with E-state index in [1.165, 1.54) is 5.56 Å². The summed E-state index contributed by atoms with van der Waals surface area (Å²) < 4.78 is 0. The average Bonchev–Trinajstić information content (AvgIpc) is 2.58. The highest BCUT2D eigenvalue weighted by Gasteiger charge is 2.51. The smallest absolute Gasteiger partial charge is 0.0991 e. The fraction of sp³-hybridized carbons (Fsp3) is 0.318. The zero-order chi connectivity index (χ0) is 19.6. The standard InChI is InChI=1S/C22H31NSi3/c1-24(2,3)26(7,25(4,5)6)22-16-14-20(15-17-22)9-8-19-10-12-21(18-23)13-11-19/h8-17H,1-7H3/b9-8+. The third-order valence-corrected chi connectivity index (χ3v) is 46.7. The molecule has 2 aromatic carbocycles. The van der Waals surface area contributed by atoms with Crippen molar-refractivity contribution in [3.63, 3.8) is 0 Å². The van der Waals surface area contributed by atoms with E-state index in [4.69, 9.17) is 5.26 Å². The second kappa shape index (κ2) is 7.51. The molecule has 0 atom stereocenters. The normalized spacial score (nSPS) is 13.0. The van der Waals surface area contributed by atoms with Crippen molar-refractivity contribution in [2.75, 3.05) is 0 Å². The molecule has 0 aliphatic heterocycles. The van der Waals surface area contributed by atoms with Gasteiger partial charge in [-0.3, -0.25) is 0 Å². The minimum atomic E-state index is -1.43. The Morgan fingerprint density at radius 2 is 1.04 bits per heavy atom. The average molecular weight is 394 g/mol. The van der Waals surface area contributed by atoms with Crippen molar-refractivity contribution < 1.29 is 0 Å². The number of nitriles is 1. The Kier molecular flexibility index (Phi) is 5.96. The van der Waals surface area contributed by atoms with Crippen molar-refractivity contribution in [1.29, 1.82) is 5.26 Å². The van der Waals surface area contributed by atoms with Gasteiger partial charge in [-0.1, -0.05) is 99.6 Å². The lowest BCUT2D eigenvalue weighted by Crippen LogP contribution is -2.76. The monoisotopic (exact) mass is 393 g/mol. The molecule has 0 aliphatic carbocycles. The summed E-state index contributed by atoms with van der Waals surface area (Å²) in [6.45, 7) is 18.0. The summed E-state index contributed by atoms with van der Waals surface area (Å²) in [7, 11) is -3.88. The van der Waals surface area contributed by atoms with Crippen LogP contribution in [0.1, 0.15) is 16.7 Å². The quantitative estimate of drug-likeness (QED) is 0.462. The molecule has 0 fully saturated rings. The van der Waals surface area contributed by atoms with Gasteiger partial charge in [0.15, 0.2) is 0 Å². The molecule has 1 nitrogen and oxygen atoms in total. The van der Waals surface area contributed by atoms with Gasteiger partial charge in [0.25, 0.3) is 0 Å². The van der Waals surface area contributed by atoms with E-state index in [9.17, 15) is 0 Å². The molecule has 2 aromatic rings. The lowest BCUT2D eigenvalue weighted by atomic mass is 10.1. The van der Waals surface area contributed by atoms with Crippen LogP contribution in [-0.4, -0.2) is 22.3 Å². The van der Waals surface area contributed by atoms with E-state index in [1.807, 2.05) is 24.3 Å². The van der Waals surface area contributed by atoms with Gasteiger partial charge in [0.1, 0.15) is 0 Å². The van der Waals surface area contributed by atoms with Gasteiger partial charge in [-0.15, -0.1) is 0 Å². The highest BCUT2D eigenvalue weighted by atomic mass is 29.6. The van der Waals surface area contributed by atoms with Crippen LogP contribution in [0.2, 0.25) is 45.8 Å². The van der Waals surface area contributed by atoms with Gasteiger partial charge in [-0.05, 0) is 23.3 Å². The number of rotatable bonds is 5. The van der Waals surface area contributed by atoms with Crippen molar-refractivity contribution in [1.82, 2.24) is 0 Å². The van der Waals surface area contributed by atoms with E-state index in [1.54, 1.807) is 5.19 Å². The number of benzene rings is 2. The second-order valence-corrected chi connectivity index (χ2v) is 37.6. The maximum atomic E-state index is 8.88.